The van der Waals surface area contributed by atoms with Crippen LogP contribution in [0, 0.1) is 0 Å². The van der Waals surface area contributed by atoms with E-state index in [0.29, 0.717) is 12.6 Å². The molecule has 1 fully saturated rings. The molecule has 1 saturated heterocycles. The van der Waals surface area contributed by atoms with Gasteiger partial charge in [0.1, 0.15) is 18.0 Å². The highest BCUT2D eigenvalue weighted by Crippen LogP contribution is 2.15. The van der Waals surface area contributed by atoms with Gasteiger partial charge in [-0.2, -0.15) is 0 Å². The first kappa shape index (κ1) is 12.9. The zero-order valence-corrected chi connectivity index (χ0v) is 11.2. The lowest BCUT2D eigenvalue weighted by molar-refractivity contribution is 0.0875. The molecule has 2 N–H and O–H groups in total. The van der Waals surface area contributed by atoms with Crippen molar-refractivity contribution < 1.29 is 9.15 Å². The van der Waals surface area contributed by atoms with Crippen molar-refractivity contribution in [2.75, 3.05) is 23.8 Å². The van der Waals surface area contributed by atoms with Crippen LogP contribution in [0.4, 0.5) is 11.6 Å². The van der Waals surface area contributed by atoms with Crippen molar-refractivity contribution in [3.8, 4) is 0 Å². The molecule has 0 aromatic carbocycles. The predicted molar refractivity (Wildman–Crippen MR) is 75.5 cm³/mol. The quantitative estimate of drug-likeness (QED) is 0.871. The molecule has 0 unspecified atom stereocenters. The highest BCUT2D eigenvalue weighted by atomic mass is 16.5. The van der Waals surface area contributed by atoms with Gasteiger partial charge in [0.25, 0.3) is 0 Å². The van der Waals surface area contributed by atoms with E-state index < -0.39 is 0 Å². The minimum atomic E-state index is 0.334. The van der Waals surface area contributed by atoms with Crippen LogP contribution in [0.2, 0.25) is 0 Å². The van der Waals surface area contributed by atoms with Gasteiger partial charge in [0, 0.05) is 24.8 Å². The molecule has 3 rings (SSSR count). The molecule has 0 amide bonds. The van der Waals surface area contributed by atoms with Crippen LogP contribution < -0.4 is 10.6 Å². The van der Waals surface area contributed by atoms with Crippen molar-refractivity contribution in [2.45, 2.75) is 25.4 Å². The van der Waals surface area contributed by atoms with Gasteiger partial charge in [0.05, 0.1) is 25.2 Å². The van der Waals surface area contributed by atoms with Gasteiger partial charge in [0.15, 0.2) is 0 Å². The molecule has 1 aliphatic heterocycles. The number of hydrogen-bond donors (Lipinski definition) is 2. The standard InChI is InChI=1S/C14H18N4O2/c1-2-12(9-19-4-1)18-14-6-13(16-10-17-14)15-7-11-3-5-20-8-11/h3,5-6,8,10,12H,1-2,4,7,9H2,(H2,15,16,17,18)/t12-/m0/s1. The molecule has 20 heavy (non-hydrogen) atoms. The summed E-state index contributed by atoms with van der Waals surface area (Å²) < 4.78 is 10.5. The molecule has 2 aromatic rings. The summed E-state index contributed by atoms with van der Waals surface area (Å²) in [5.74, 6) is 1.62. The fourth-order valence-corrected chi connectivity index (χ4v) is 2.18. The fraction of sp³-hybridized carbons (Fsp3) is 0.429. The second-order valence-corrected chi connectivity index (χ2v) is 4.83. The van der Waals surface area contributed by atoms with Crippen LogP contribution in [-0.4, -0.2) is 29.2 Å². The number of anilines is 2. The van der Waals surface area contributed by atoms with E-state index in [-0.39, 0.29) is 0 Å². The fourth-order valence-electron chi connectivity index (χ4n) is 2.18. The molecule has 1 atom stereocenters. The van der Waals surface area contributed by atoms with Gasteiger partial charge in [-0.3, -0.25) is 0 Å². The normalized spacial score (nSPS) is 18.7. The van der Waals surface area contributed by atoms with Crippen LogP contribution in [0.1, 0.15) is 18.4 Å². The SMILES string of the molecule is c1nc(NCc2ccoc2)cc(N[C@H]2CCCOC2)n1. The topological polar surface area (TPSA) is 72.2 Å². The molecule has 2 aromatic heterocycles. The first-order valence-electron chi connectivity index (χ1n) is 6.81. The Labute approximate surface area is 117 Å². The molecule has 3 heterocycles. The summed E-state index contributed by atoms with van der Waals surface area (Å²) in [5, 5.41) is 6.62. The maximum absolute atomic E-state index is 5.45. The number of rotatable bonds is 5. The predicted octanol–water partition coefficient (Wildman–Crippen LogP) is 2.27. The van der Waals surface area contributed by atoms with E-state index in [1.807, 2.05) is 12.1 Å². The number of furan rings is 1. The lowest BCUT2D eigenvalue weighted by atomic mass is 10.1. The first-order chi connectivity index (χ1) is 9.90. The summed E-state index contributed by atoms with van der Waals surface area (Å²) >= 11 is 0. The minimum absolute atomic E-state index is 0.334. The molecule has 6 heteroatoms. The van der Waals surface area contributed by atoms with Crippen molar-refractivity contribution in [3.05, 3.63) is 36.5 Å². The van der Waals surface area contributed by atoms with Crippen molar-refractivity contribution in [2.24, 2.45) is 0 Å². The number of nitrogens with zero attached hydrogens (tertiary/aromatic N) is 2. The van der Waals surface area contributed by atoms with E-state index in [1.165, 1.54) is 0 Å². The number of nitrogens with one attached hydrogen (secondary N) is 2. The van der Waals surface area contributed by atoms with Crippen LogP contribution in [0.3, 0.4) is 0 Å². The lowest BCUT2D eigenvalue weighted by Crippen LogP contribution is -2.30. The molecule has 1 aliphatic rings. The summed E-state index contributed by atoms with van der Waals surface area (Å²) in [4.78, 5) is 8.45. The maximum Gasteiger partial charge on any atom is 0.131 e. The van der Waals surface area contributed by atoms with Crippen molar-refractivity contribution in [1.29, 1.82) is 0 Å². The Morgan fingerprint density at radius 1 is 1.30 bits per heavy atom. The number of hydrogen-bond acceptors (Lipinski definition) is 6. The Hall–Kier alpha value is -2.08. The van der Waals surface area contributed by atoms with Crippen molar-refractivity contribution >= 4 is 11.6 Å². The zero-order chi connectivity index (χ0) is 13.6. The second kappa shape index (κ2) is 6.38. The molecular weight excluding hydrogens is 256 g/mol. The van der Waals surface area contributed by atoms with Gasteiger partial charge in [-0.1, -0.05) is 0 Å². The van der Waals surface area contributed by atoms with Crippen LogP contribution in [0.5, 0.6) is 0 Å². The summed E-state index contributed by atoms with van der Waals surface area (Å²) in [7, 11) is 0. The third-order valence-corrected chi connectivity index (χ3v) is 3.23. The minimum Gasteiger partial charge on any atom is -0.472 e. The Morgan fingerprint density at radius 2 is 2.25 bits per heavy atom. The van der Waals surface area contributed by atoms with Gasteiger partial charge in [-0.05, 0) is 18.9 Å². The summed E-state index contributed by atoms with van der Waals surface area (Å²) in [6.45, 7) is 2.28. The van der Waals surface area contributed by atoms with E-state index in [2.05, 4.69) is 20.6 Å². The second-order valence-electron chi connectivity index (χ2n) is 4.83. The van der Waals surface area contributed by atoms with Crippen LogP contribution in [0.25, 0.3) is 0 Å². The zero-order valence-electron chi connectivity index (χ0n) is 11.2. The summed E-state index contributed by atoms with van der Waals surface area (Å²) in [6.07, 6.45) is 7.14. The van der Waals surface area contributed by atoms with E-state index in [1.54, 1.807) is 18.9 Å². The molecular formula is C14H18N4O2. The molecule has 0 radical (unpaired) electrons. The lowest BCUT2D eigenvalue weighted by Gasteiger charge is -2.23. The van der Waals surface area contributed by atoms with E-state index in [0.717, 1.165) is 43.3 Å². The van der Waals surface area contributed by atoms with Crippen molar-refractivity contribution in [3.63, 3.8) is 0 Å². The van der Waals surface area contributed by atoms with Gasteiger partial charge in [0.2, 0.25) is 0 Å². The first-order valence-corrected chi connectivity index (χ1v) is 6.81. The van der Waals surface area contributed by atoms with Crippen molar-refractivity contribution in [1.82, 2.24) is 9.97 Å². The smallest absolute Gasteiger partial charge is 0.131 e. The highest BCUT2D eigenvalue weighted by molar-refractivity contribution is 5.47. The molecule has 106 valence electrons. The van der Waals surface area contributed by atoms with E-state index >= 15 is 0 Å². The molecule has 0 aliphatic carbocycles. The van der Waals surface area contributed by atoms with Crippen LogP contribution >= 0.6 is 0 Å². The monoisotopic (exact) mass is 274 g/mol. The van der Waals surface area contributed by atoms with E-state index in [9.17, 15) is 0 Å². The Kier molecular flexibility index (Phi) is 4.13. The summed E-state index contributed by atoms with van der Waals surface area (Å²) in [5.41, 5.74) is 1.08. The van der Waals surface area contributed by atoms with Gasteiger partial charge >= 0.3 is 0 Å². The van der Waals surface area contributed by atoms with Crippen LogP contribution in [0.15, 0.2) is 35.4 Å². The molecule has 6 nitrogen and oxygen atoms in total. The van der Waals surface area contributed by atoms with Gasteiger partial charge in [-0.25, -0.2) is 9.97 Å². The number of aromatic nitrogens is 2. The molecule has 0 bridgehead atoms. The van der Waals surface area contributed by atoms with Gasteiger partial charge in [-0.15, -0.1) is 0 Å². The maximum atomic E-state index is 5.45. The Bertz CT molecular complexity index is 524. The third-order valence-electron chi connectivity index (χ3n) is 3.23. The molecule has 0 saturated carbocycles. The average molecular weight is 274 g/mol. The van der Waals surface area contributed by atoms with E-state index in [4.69, 9.17) is 9.15 Å². The number of ether oxygens (including phenoxy) is 1. The average Bonchev–Trinajstić information content (AvgIpc) is 3.00. The van der Waals surface area contributed by atoms with Gasteiger partial charge < -0.3 is 19.8 Å². The van der Waals surface area contributed by atoms with Crippen LogP contribution in [-0.2, 0) is 11.3 Å². The highest BCUT2D eigenvalue weighted by Gasteiger charge is 2.14. The Balaban J connectivity index is 1.57. The largest absolute Gasteiger partial charge is 0.472 e. The molecule has 0 spiro atoms. The summed E-state index contributed by atoms with van der Waals surface area (Å²) in [6, 6.07) is 4.17. The Morgan fingerprint density at radius 3 is 3.05 bits per heavy atom. The third kappa shape index (κ3) is 3.48.